The summed E-state index contributed by atoms with van der Waals surface area (Å²) in [5, 5.41) is 11.9. The molecule has 0 saturated heterocycles. The molecule has 5 heteroatoms. The fourth-order valence-electron chi connectivity index (χ4n) is 1.87. The number of amides is 1. The van der Waals surface area contributed by atoms with Crippen LogP contribution in [0.3, 0.4) is 0 Å². The molecular formula is C15H20ClNO3. The van der Waals surface area contributed by atoms with E-state index < -0.39 is 11.4 Å². The molecule has 1 amide bonds. The number of rotatable bonds is 6. The molecule has 4 nitrogen and oxygen atoms in total. The SMILES string of the molecule is Cc1cc(CNC(=O)CCl)ccc1CC(C)(C)C(=O)O. The first-order valence-electron chi connectivity index (χ1n) is 6.40. The lowest BCUT2D eigenvalue weighted by molar-refractivity contribution is -0.146. The number of benzene rings is 1. The Morgan fingerprint density at radius 2 is 2.00 bits per heavy atom. The van der Waals surface area contributed by atoms with Gasteiger partial charge in [0, 0.05) is 6.54 Å². The van der Waals surface area contributed by atoms with Crippen LogP contribution in [-0.2, 0) is 22.6 Å². The molecule has 1 rings (SSSR count). The highest BCUT2D eigenvalue weighted by molar-refractivity contribution is 6.27. The van der Waals surface area contributed by atoms with Crippen molar-refractivity contribution in [2.24, 2.45) is 5.41 Å². The van der Waals surface area contributed by atoms with Crippen molar-refractivity contribution < 1.29 is 14.7 Å². The van der Waals surface area contributed by atoms with Gasteiger partial charge in [0.25, 0.3) is 0 Å². The molecule has 1 aromatic rings. The maximum Gasteiger partial charge on any atom is 0.309 e. The van der Waals surface area contributed by atoms with Gasteiger partial charge in [0.05, 0.1) is 5.41 Å². The molecule has 0 aliphatic heterocycles. The lowest BCUT2D eigenvalue weighted by atomic mass is 9.84. The minimum atomic E-state index is -0.810. The van der Waals surface area contributed by atoms with Gasteiger partial charge in [0.1, 0.15) is 5.88 Å². The van der Waals surface area contributed by atoms with E-state index in [2.05, 4.69) is 5.32 Å². The molecule has 2 N–H and O–H groups in total. The Morgan fingerprint density at radius 3 is 2.50 bits per heavy atom. The van der Waals surface area contributed by atoms with E-state index in [0.717, 1.165) is 16.7 Å². The number of carbonyl (C=O) groups excluding carboxylic acids is 1. The standard InChI is InChI=1S/C15H20ClNO3/c1-10-6-11(9-17-13(18)8-16)4-5-12(10)7-15(2,3)14(19)20/h4-6H,7-9H2,1-3H3,(H,17,18)(H,19,20). The molecule has 0 heterocycles. The second-order valence-electron chi connectivity index (χ2n) is 5.54. The molecule has 0 aliphatic rings. The summed E-state index contributed by atoms with van der Waals surface area (Å²) < 4.78 is 0. The van der Waals surface area contributed by atoms with E-state index >= 15 is 0 Å². The van der Waals surface area contributed by atoms with E-state index in [0.29, 0.717) is 13.0 Å². The Morgan fingerprint density at radius 1 is 1.35 bits per heavy atom. The zero-order valence-electron chi connectivity index (χ0n) is 12.0. The van der Waals surface area contributed by atoms with Crippen LogP contribution in [0.4, 0.5) is 0 Å². The van der Waals surface area contributed by atoms with E-state index in [9.17, 15) is 9.59 Å². The van der Waals surface area contributed by atoms with Crippen molar-refractivity contribution in [2.75, 3.05) is 5.88 Å². The third-order valence-electron chi connectivity index (χ3n) is 3.23. The van der Waals surface area contributed by atoms with Gasteiger partial charge in [0.15, 0.2) is 0 Å². The third-order valence-corrected chi connectivity index (χ3v) is 3.47. The molecule has 110 valence electrons. The van der Waals surface area contributed by atoms with E-state index in [1.807, 2.05) is 25.1 Å². The maximum absolute atomic E-state index is 11.2. The minimum absolute atomic E-state index is 0.0517. The van der Waals surface area contributed by atoms with Crippen molar-refractivity contribution in [3.05, 3.63) is 34.9 Å². The maximum atomic E-state index is 11.2. The molecule has 0 bridgehead atoms. The van der Waals surface area contributed by atoms with Crippen LogP contribution in [0.2, 0.25) is 0 Å². The first-order valence-corrected chi connectivity index (χ1v) is 6.94. The summed E-state index contributed by atoms with van der Waals surface area (Å²) in [7, 11) is 0. The highest BCUT2D eigenvalue weighted by atomic mass is 35.5. The number of nitrogens with one attached hydrogen (secondary N) is 1. The van der Waals surface area contributed by atoms with Gasteiger partial charge < -0.3 is 10.4 Å². The zero-order valence-corrected chi connectivity index (χ0v) is 12.8. The van der Waals surface area contributed by atoms with Crippen LogP contribution < -0.4 is 5.32 Å². The van der Waals surface area contributed by atoms with Crippen LogP contribution in [0, 0.1) is 12.3 Å². The molecule has 0 atom stereocenters. The Balaban J connectivity index is 2.78. The molecule has 0 unspecified atom stereocenters. The lowest BCUT2D eigenvalue weighted by Gasteiger charge is -2.20. The second-order valence-corrected chi connectivity index (χ2v) is 5.80. The number of carbonyl (C=O) groups is 2. The number of hydrogen-bond donors (Lipinski definition) is 2. The van der Waals surface area contributed by atoms with Gasteiger partial charge in [-0.15, -0.1) is 11.6 Å². The van der Waals surface area contributed by atoms with Crippen LogP contribution in [0.25, 0.3) is 0 Å². The Labute approximate surface area is 124 Å². The van der Waals surface area contributed by atoms with Crippen molar-refractivity contribution in [1.29, 1.82) is 0 Å². The van der Waals surface area contributed by atoms with Crippen LogP contribution >= 0.6 is 11.6 Å². The Hall–Kier alpha value is -1.55. The summed E-state index contributed by atoms with van der Waals surface area (Å²) in [5.74, 6) is -1.07. The average Bonchev–Trinajstić information content (AvgIpc) is 2.38. The first-order chi connectivity index (χ1) is 9.26. The van der Waals surface area contributed by atoms with Gasteiger partial charge in [-0.1, -0.05) is 18.2 Å². The zero-order chi connectivity index (χ0) is 15.3. The summed E-state index contributed by atoms with van der Waals surface area (Å²) >= 11 is 5.41. The largest absolute Gasteiger partial charge is 0.481 e. The number of carboxylic acids is 1. The van der Waals surface area contributed by atoms with Gasteiger partial charge >= 0.3 is 5.97 Å². The molecule has 0 radical (unpaired) electrons. The fourth-order valence-corrected chi connectivity index (χ4v) is 1.96. The molecule has 0 saturated carbocycles. The summed E-state index contributed by atoms with van der Waals surface area (Å²) in [5.41, 5.74) is 2.21. The van der Waals surface area contributed by atoms with Gasteiger partial charge in [0.2, 0.25) is 5.91 Å². The van der Waals surface area contributed by atoms with Crippen molar-refractivity contribution in [1.82, 2.24) is 5.32 Å². The predicted octanol–water partition coefficient (Wildman–Crippen LogP) is 2.50. The number of halogens is 1. The number of aliphatic carboxylic acids is 1. The highest BCUT2D eigenvalue weighted by Crippen LogP contribution is 2.24. The smallest absolute Gasteiger partial charge is 0.309 e. The van der Waals surface area contributed by atoms with Gasteiger partial charge in [-0.05, 0) is 43.9 Å². The van der Waals surface area contributed by atoms with Crippen LogP contribution in [0.1, 0.15) is 30.5 Å². The lowest BCUT2D eigenvalue weighted by Crippen LogP contribution is -2.26. The molecule has 20 heavy (non-hydrogen) atoms. The quantitative estimate of drug-likeness (QED) is 0.793. The normalized spacial score (nSPS) is 11.2. The van der Waals surface area contributed by atoms with Crippen molar-refractivity contribution in [2.45, 2.75) is 33.7 Å². The van der Waals surface area contributed by atoms with E-state index in [1.54, 1.807) is 13.8 Å². The van der Waals surface area contributed by atoms with Crippen molar-refractivity contribution >= 4 is 23.5 Å². The van der Waals surface area contributed by atoms with Crippen LogP contribution in [0.5, 0.6) is 0 Å². The van der Waals surface area contributed by atoms with E-state index in [1.165, 1.54) is 0 Å². The monoisotopic (exact) mass is 297 g/mol. The Bertz CT molecular complexity index is 512. The Kier molecular flexibility index (Phi) is 5.57. The predicted molar refractivity (Wildman–Crippen MR) is 78.9 cm³/mol. The average molecular weight is 298 g/mol. The van der Waals surface area contributed by atoms with Crippen LogP contribution in [0.15, 0.2) is 18.2 Å². The second kappa shape index (κ2) is 6.75. The molecular weight excluding hydrogens is 278 g/mol. The van der Waals surface area contributed by atoms with Crippen molar-refractivity contribution in [3.8, 4) is 0 Å². The first kappa shape index (κ1) is 16.5. The molecule has 1 aromatic carbocycles. The topological polar surface area (TPSA) is 66.4 Å². The number of alkyl halides is 1. The van der Waals surface area contributed by atoms with Crippen molar-refractivity contribution in [3.63, 3.8) is 0 Å². The van der Waals surface area contributed by atoms with Crippen LogP contribution in [-0.4, -0.2) is 22.9 Å². The number of aryl methyl sites for hydroxylation is 1. The molecule has 0 fully saturated rings. The van der Waals surface area contributed by atoms with Gasteiger partial charge in [-0.3, -0.25) is 9.59 Å². The van der Waals surface area contributed by atoms with Gasteiger partial charge in [-0.25, -0.2) is 0 Å². The fraction of sp³-hybridized carbons (Fsp3) is 0.467. The number of hydrogen-bond acceptors (Lipinski definition) is 2. The minimum Gasteiger partial charge on any atom is -0.481 e. The molecule has 0 aliphatic carbocycles. The third kappa shape index (κ3) is 4.53. The summed E-state index contributed by atoms with van der Waals surface area (Å²) in [6.45, 7) is 5.79. The summed E-state index contributed by atoms with van der Waals surface area (Å²) in [6.07, 6.45) is 0.475. The van der Waals surface area contributed by atoms with E-state index in [-0.39, 0.29) is 11.8 Å². The molecule has 0 spiro atoms. The summed E-state index contributed by atoms with van der Waals surface area (Å²) in [6, 6.07) is 5.78. The summed E-state index contributed by atoms with van der Waals surface area (Å²) in [4.78, 5) is 22.2. The van der Waals surface area contributed by atoms with E-state index in [4.69, 9.17) is 16.7 Å². The van der Waals surface area contributed by atoms with Gasteiger partial charge in [-0.2, -0.15) is 0 Å². The molecule has 0 aromatic heterocycles. The highest BCUT2D eigenvalue weighted by Gasteiger charge is 2.27. The number of carboxylic acid groups (broad SMARTS) is 1.